The average Bonchev–Trinajstić information content (AvgIpc) is 3.00. The van der Waals surface area contributed by atoms with Crippen molar-refractivity contribution in [1.29, 1.82) is 0 Å². The zero-order chi connectivity index (χ0) is 15.2. The number of imidazole rings is 1. The van der Waals surface area contributed by atoms with Gasteiger partial charge in [-0.2, -0.15) is 9.97 Å². The van der Waals surface area contributed by atoms with Crippen molar-refractivity contribution in [2.45, 2.75) is 24.4 Å². The van der Waals surface area contributed by atoms with Gasteiger partial charge in [0.25, 0.3) is 0 Å². The molecule has 0 saturated carbocycles. The molecule has 21 heavy (non-hydrogen) atoms. The van der Waals surface area contributed by atoms with Crippen LogP contribution in [0.1, 0.15) is 12.6 Å². The Bertz CT molecular complexity index is 702. The first kappa shape index (κ1) is 13.7. The molecule has 1 aliphatic heterocycles. The molecule has 2 aromatic rings. The number of nitrogen functional groups attached to an aromatic ring is 1. The number of aromatic nitrogens is 4. The van der Waals surface area contributed by atoms with Crippen LogP contribution in [0.25, 0.3) is 11.2 Å². The Kier molecular flexibility index (Phi) is 3.04. The number of hydrogen-bond donors (Lipinski definition) is 4. The molecule has 0 amide bonds. The van der Waals surface area contributed by atoms with Crippen LogP contribution in [-0.2, 0) is 4.74 Å². The molecular weight excluding hydrogens is 278 g/mol. The van der Waals surface area contributed by atoms with Gasteiger partial charge in [0, 0.05) is 6.42 Å². The summed E-state index contributed by atoms with van der Waals surface area (Å²) < 4.78 is 7.24. The number of nitrogens with zero attached hydrogens (tertiary/aromatic N) is 4. The molecule has 0 aromatic carbocycles. The Hall–Kier alpha value is -2.23. The monoisotopic (exact) mass is 293 g/mol. The van der Waals surface area contributed by atoms with E-state index in [9.17, 15) is 15.3 Å². The van der Waals surface area contributed by atoms with Crippen molar-refractivity contribution in [2.24, 2.45) is 0 Å². The summed E-state index contributed by atoms with van der Waals surface area (Å²) in [6.07, 6.45) is 1.45. The first-order valence-electron chi connectivity index (χ1n) is 6.30. The van der Waals surface area contributed by atoms with Crippen LogP contribution < -0.4 is 5.73 Å². The number of rotatable bonds is 3. The Labute approximate surface area is 119 Å². The number of fused-ring (bicyclic) bond motifs is 1. The van der Waals surface area contributed by atoms with E-state index in [2.05, 4.69) is 21.5 Å². The second-order valence-electron chi connectivity index (χ2n) is 4.87. The highest BCUT2D eigenvalue weighted by Gasteiger charge is 2.46. The van der Waals surface area contributed by atoms with Crippen molar-refractivity contribution in [3.05, 3.63) is 19.0 Å². The highest BCUT2D eigenvalue weighted by molar-refractivity contribution is 5.77. The average molecular weight is 293 g/mol. The Morgan fingerprint density at radius 1 is 1.57 bits per heavy atom. The summed E-state index contributed by atoms with van der Waals surface area (Å²) >= 11 is 0. The smallest absolute Gasteiger partial charge is 0.244 e. The zero-order valence-corrected chi connectivity index (χ0v) is 11.0. The van der Waals surface area contributed by atoms with E-state index in [1.54, 1.807) is 0 Å². The molecule has 1 aliphatic rings. The SMILES string of the molecule is C=C[C@]1(CO)O[C@H](n2cnc3c(O)nc(N)nc32)C[C@@H]1O. The predicted octanol–water partition coefficient (Wildman–Crippen LogP) is -0.689. The van der Waals surface area contributed by atoms with E-state index >= 15 is 0 Å². The molecule has 0 bridgehead atoms. The summed E-state index contributed by atoms with van der Waals surface area (Å²) in [6, 6.07) is 0. The van der Waals surface area contributed by atoms with Gasteiger partial charge in [-0.25, -0.2) is 4.98 Å². The maximum absolute atomic E-state index is 10.1. The number of hydrogen-bond acceptors (Lipinski definition) is 8. The largest absolute Gasteiger partial charge is 0.492 e. The minimum absolute atomic E-state index is 0.0996. The summed E-state index contributed by atoms with van der Waals surface area (Å²) in [5.41, 5.74) is 4.75. The van der Waals surface area contributed by atoms with Crippen LogP contribution in [-0.4, -0.2) is 53.2 Å². The van der Waals surface area contributed by atoms with Gasteiger partial charge in [-0.05, 0) is 0 Å². The van der Waals surface area contributed by atoms with E-state index in [-0.39, 0.29) is 29.4 Å². The van der Waals surface area contributed by atoms with E-state index in [1.807, 2.05) is 0 Å². The molecule has 9 heteroatoms. The lowest BCUT2D eigenvalue weighted by atomic mass is 9.98. The molecule has 1 saturated heterocycles. The summed E-state index contributed by atoms with van der Waals surface area (Å²) in [5.74, 6) is -0.427. The first-order chi connectivity index (χ1) is 10.0. The lowest BCUT2D eigenvalue weighted by Gasteiger charge is -2.26. The fourth-order valence-corrected chi connectivity index (χ4v) is 2.46. The van der Waals surface area contributed by atoms with Crippen LogP contribution in [0.15, 0.2) is 19.0 Å². The van der Waals surface area contributed by atoms with Crippen LogP contribution in [0.5, 0.6) is 5.88 Å². The van der Waals surface area contributed by atoms with Crippen molar-refractivity contribution >= 4 is 17.1 Å². The molecule has 3 atom stereocenters. The molecule has 0 unspecified atom stereocenters. The number of aliphatic hydroxyl groups is 2. The highest BCUT2D eigenvalue weighted by Crippen LogP contribution is 2.38. The molecular formula is C12H15N5O4. The molecule has 0 aliphatic carbocycles. The van der Waals surface area contributed by atoms with Crippen molar-refractivity contribution < 1.29 is 20.1 Å². The number of nitrogens with two attached hydrogens (primary N) is 1. The molecule has 112 valence electrons. The second-order valence-corrected chi connectivity index (χ2v) is 4.87. The Morgan fingerprint density at radius 2 is 2.33 bits per heavy atom. The quantitative estimate of drug-likeness (QED) is 0.545. The topological polar surface area (TPSA) is 140 Å². The third kappa shape index (κ3) is 1.94. The zero-order valence-electron chi connectivity index (χ0n) is 11.0. The van der Waals surface area contributed by atoms with Gasteiger partial charge in [-0.1, -0.05) is 6.08 Å². The maximum atomic E-state index is 10.1. The highest BCUT2D eigenvalue weighted by atomic mass is 16.6. The number of aromatic hydroxyl groups is 1. The van der Waals surface area contributed by atoms with Gasteiger partial charge < -0.3 is 25.8 Å². The second kappa shape index (κ2) is 4.65. The molecule has 1 fully saturated rings. The number of anilines is 1. The lowest BCUT2D eigenvalue weighted by Crippen LogP contribution is -2.40. The standard InChI is InChI=1S/C12H15N5O4/c1-2-12(4-18)6(19)3-7(21-12)17-5-14-8-9(17)15-11(13)16-10(8)20/h2,5-7,18-19H,1,3-4H2,(H3,13,15,16,20)/t6-,7-,12+/m0/s1. The van der Waals surface area contributed by atoms with Gasteiger partial charge in [-0.15, -0.1) is 6.58 Å². The molecule has 5 N–H and O–H groups in total. The number of aliphatic hydroxyl groups excluding tert-OH is 2. The van der Waals surface area contributed by atoms with Gasteiger partial charge in [0.2, 0.25) is 11.8 Å². The molecule has 9 nitrogen and oxygen atoms in total. The van der Waals surface area contributed by atoms with Crippen molar-refractivity contribution in [3.8, 4) is 5.88 Å². The van der Waals surface area contributed by atoms with E-state index in [4.69, 9.17) is 10.5 Å². The normalized spacial score (nSPS) is 29.0. The molecule has 0 spiro atoms. The van der Waals surface area contributed by atoms with Gasteiger partial charge in [-0.3, -0.25) is 4.57 Å². The van der Waals surface area contributed by atoms with E-state index in [0.717, 1.165) is 0 Å². The van der Waals surface area contributed by atoms with Crippen LogP contribution >= 0.6 is 0 Å². The molecule has 0 radical (unpaired) electrons. The van der Waals surface area contributed by atoms with Gasteiger partial charge >= 0.3 is 0 Å². The third-order valence-corrected chi connectivity index (χ3v) is 3.67. The van der Waals surface area contributed by atoms with E-state index in [1.165, 1.54) is 17.0 Å². The summed E-state index contributed by atoms with van der Waals surface area (Å²) in [7, 11) is 0. The van der Waals surface area contributed by atoms with Crippen LogP contribution in [0.3, 0.4) is 0 Å². The molecule has 3 rings (SSSR count). The van der Waals surface area contributed by atoms with Gasteiger partial charge in [0.15, 0.2) is 11.2 Å². The minimum atomic E-state index is -1.23. The van der Waals surface area contributed by atoms with Crippen molar-refractivity contribution in [2.75, 3.05) is 12.3 Å². The first-order valence-corrected chi connectivity index (χ1v) is 6.30. The van der Waals surface area contributed by atoms with Gasteiger partial charge in [0.05, 0.1) is 19.0 Å². The van der Waals surface area contributed by atoms with Crippen LogP contribution in [0.2, 0.25) is 0 Å². The Balaban J connectivity index is 2.05. The van der Waals surface area contributed by atoms with Gasteiger partial charge in [0.1, 0.15) is 11.8 Å². The molecule has 3 heterocycles. The minimum Gasteiger partial charge on any atom is -0.492 e. The fraction of sp³-hybridized carbons (Fsp3) is 0.417. The summed E-state index contributed by atoms with van der Waals surface area (Å²) in [6.45, 7) is 3.19. The van der Waals surface area contributed by atoms with Crippen molar-refractivity contribution in [3.63, 3.8) is 0 Å². The molecule has 2 aromatic heterocycles. The van der Waals surface area contributed by atoms with Crippen LogP contribution in [0, 0.1) is 0 Å². The number of ether oxygens (including phenoxy) is 1. The fourth-order valence-electron chi connectivity index (χ4n) is 2.46. The Morgan fingerprint density at radius 3 is 2.95 bits per heavy atom. The lowest BCUT2D eigenvalue weighted by molar-refractivity contribution is -0.0953. The summed E-state index contributed by atoms with van der Waals surface area (Å²) in [5, 5.41) is 29.2. The van der Waals surface area contributed by atoms with Crippen molar-refractivity contribution in [1.82, 2.24) is 19.5 Å². The van der Waals surface area contributed by atoms with E-state index < -0.39 is 24.5 Å². The predicted molar refractivity (Wildman–Crippen MR) is 72.2 cm³/mol. The van der Waals surface area contributed by atoms with Crippen LogP contribution in [0.4, 0.5) is 5.95 Å². The maximum Gasteiger partial charge on any atom is 0.244 e. The van der Waals surface area contributed by atoms with E-state index in [0.29, 0.717) is 0 Å². The third-order valence-electron chi connectivity index (χ3n) is 3.67. The summed E-state index contributed by atoms with van der Waals surface area (Å²) in [4.78, 5) is 11.7.